The molecule has 15 heteroatoms. The smallest absolute Gasteiger partial charge is 0.166 e. The van der Waals surface area contributed by atoms with Crippen molar-refractivity contribution in [3.63, 3.8) is 0 Å². The van der Waals surface area contributed by atoms with Crippen LogP contribution in [-0.2, 0) is 24.7 Å². The summed E-state index contributed by atoms with van der Waals surface area (Å²) in [6.07, 6.45) is -25.3. The minimum Gasteiger partial charge on any atom is -0.166 e. The number of benzene rings is 3. The third-order valence-corrected chi connectivity index (χ3v) is 7.02. The highest BCUT2D eigenvalue weighted by atomic mass is 32.1. The van der Waals surface area contributed by atoms with Gasteiger partial charge in [0.25, 0.3) is 0 Å². The van der Waals surface area contributed by atoms with E-state index in [0.29, 0.717) is 15.6 Å². The van der Waals surface area contributed by atoms with Crippen LogP contribution in [0.1, 0.15) is 22.3 Å². The monoisotopic (exact) mass is 610 g/mol. The predicted octanol–water partition coefficient (Wildman–Crippen LogP) is 10.3. The van der Waals surface area contributed by atoms with Crippen molar-refractivity contribution in [3.8, 4) is 21.8 Å². The first-order chi connectivity index (χ1) is 18.9. The molecule has 2 nitrogen and oxygen atoms in total. The van der Waals surface area contributed by atoms with Crippen LogP contribution in [0.3, 0.4) is 0 Å². The zero-order valence-electron chi connectivity index (χ0n) is 19.6. The van der Waals surface area contributed by atoms with Gasteiger partial charge in [0.2, 0.25) is 0 Å². The molecule has 0 saturated carbocycles. The third kappa shape index (κ3) is 5.06. The van der Waals surface area contributed by atoms with Crippen LogP contribution in [0.5, 0.6) is 0 Å². The average Bonchev–Trinajstić information content (AvgIpc) is 3.38. The molecule has 0 aliphatic carbocycles. The van der Waals surface area contributed by atoms with Gasteiger partial charge in [-0.25, -0.2) is 0 Å². The summed E-state index contributed by atoms with van der Waals surface area (Å²) in [5.41, 5.74) is -15.8. The summed E-state index contributed by atoms with van der Waals surface area (Å²) in [7, 11) is 0. The quantitative estimate of drug-likeness (QED) is 0.147. The molecule has 0 saturated heterocycles. The van der Waals surface area contributed by atoms with Gasteiger partial charge >= 0.3 is 24.7 Å². The maximum Gasteiger partial charge on any atom is 0.417 e. The van der Waals surface area contributed by atoms with Crippen LogP contribution in [0.2, 0.25) is 0 Å². The second-order valence-corrected chi connectivity index (χ2v) is 9.65. The number of aromatic nitrogens is 2. The Kier molecular flexibility index (Phi) is 6.51. The van der Waals surface area contributed by atoms with Crippen LogP contribution in [0.25, 0.3) is 43.4 Å². The minimum absolute atomic E-state index is 0.00582. The van der Waals surface area contributed by atoms with Gasteiger partial charge in [0.05, 0.1) is 27.1 Å². The molecule has 2 heterocycles. The van der Waals surface area contributed by atoms with Gasteiger partial charge in [-0.15, -0.1) is 21.5 Å². The molecule has 0 aliphatic heterocycles. The summed E-state index contributed by atoms with van der Waals surface area (Å²) in [6.45, 7) is 0. The number of halogens is 12. The molecule has 2 aromatic heterocycles. The standard InChI is InChI=1S/C26H10F12N2S/c27-23(28,29)16-10-15(18(24(30,31)32)20(26(36,37)38)19(16)25(33,34)35)21-13-8-11-4-1-2-5-12(11)9-14(13)22(40-39-21)17-6-3-7-41-17/h1-10H. The van der Waals surface area contributed by atoms with Crippen molar-refractivity contribution in [2.24, 2.45) is 0 Å². The first-order valence-electron chi connectivity index (χ1n) is 11.1. The summed E-state index contributed by atoms with van der Waals surface area (Å²) < 4.78 is 168. The molecule has 0 atom stereocenters. The Bertz CT molecular complexity index is 1780. The predicted molar refractivity (Wildman–Crippen MR) is 126 cm³/mol. The van der Waals surface area contributed by atoms with Gasteiger partial charge in [-0.2, -0.15) is 52.7 Å². The van der Waals surface area contributed by atoms with Crippen molar-refractivity contribution in [2.75, 3.05) is 0 Å². The van der Waals surface area contributed by atoms with Crippen molar-refractivity contribution in [1.29, 1.82) is 0 Å². The molecule has 0 N–H and O–H groups in total. The lowest BCUT2D eigenvalue weighted by Crippen LogP contribution is -2.28. The fraction of sp³-hybridized carbons (Fsp3) is 0.154. The summed E-state index contributed by atoms with van der Waals surface area (Å²) in [5, 5.41) is 9.49. The number of hydrogen-bond donors (Lipinski definition) is 0. The highest BCUT2D eigenvalue weighted by Gasteiger charge is 2.56. The summed E-state index contributed by atoms with van der Waals surface area (Å²) >= 11 is 1.12. The van der Waals surface area contributed by atoms with E-state index in [0.717, 1.165) is 11.3 Å². The van der Waals surface area contributed by atoms with Crippen LogP contribution < -0.4 is 0 Å². The summed E-state index contributed by atoms with van der Waals surface area (Å²) in [4.78, 5) is 0.416. The van der Waals surface area contributed by atoms with E-state index in [4.69, 9.17) is 0 Å². The van der Waals surface area contributed by atoms with Crippen molar-refractivity contribution >= 4 is 32.9 Å². The molecule has 0 unspecified atom stereocenters. The Morgan fingerprint density at radius 2 is 1.02 bits per heavy atom. The Morgan fingerprint density at radius 3 is 1.49 bits per heavy atom. The number of rotatable bonds is 2. The molecule has 0 radical (unpaired) electrons. The maximum atomic E-state index is 14.3. The largest absolute Gasteiger partial charge is 0.417 e. The zero-order chi connectivity index (χ0) is 30.1. The number of thiophene rings is 1. The van der Waals surface area contributed by atoms with Crippen LogP contribution >= 0.6 is 11.3 Å². The van der Waals surface area contributed by atoms with E-state index in [-0.39, 0.29) is 16.5 Å². The molecule has 0 bridgehead atoms. The van der Waals surface area contributed by atoms with Crippen molar-refractivity contribution in [1.82, 2.24) is 10.2 Å². The van der Waals surface area contributed by atoms with E-state index in [1.165, 1.54) is 24.3 Å². The maximum absolute atomic E-state index is 14.3. The second kappa shape index (κ2) is 9.33. The lowest BCUT2D eigenvalue weighted by molar-refractivity contribution is -0.182. The normalized spacial score (nSPS) is 13.4. The van der Waals surface area contributed by atoms with Crippen LogP contribution in [0.4, 0.5) is 52.7 Å². The molecule has 3 aromatic carbocycles. The fourth-order valence-corrected chi connectivity index (χ4v) is 5.32. The average molecular weight is 610 g/mol. The van der Waals surface area contributed by atoms with Gasteiger partial charge in [0, 0.05) is 16.3 Å². The Balaban J connectivity index is 2.04. The van der Waals surface area contributed by atoms with E-state index in [9.17, 15) is 52.7 Å². The number of fused-ring (bicyclic) bond motifs is 2. The van der Waals surface area contributed by atoms with E-state index in [2.05, 4.69) is 10.2 Å². The fourth-order valence-electron chi connectivity index (χ4n) is 4.60. The number of alkyl halides is 12. The number of nitrogens with zero attached hydrogens (tertiary/aromatic N) is 2. The number of hydrogen-bond acceptors (Lipinski definition) is 3. The Hall–Kier alpha value is -3.88. The molecule has 0 fully saturated rings. The van der Waals surface area contributed by atoms with Gasteiger partial charge in [-0.1, -0.05) is 30.3 Å². The lowest BCUT2D eigenvalue weighted by Gasteiger charge is -2.27. The van der Waals surface area contributed by atoms with Crippen molar-refractivity contribution < 1.29 is 52.7 Å². The molecule has 5 rings (SSSR count). The van der Waals surface area contributed by atoms with Gasteiger partial charge in [-0.3, -0.25) is 0 Å². The Morgan fingerprint density at radius 1 is 0.512 bits per heavy atom. The SMILES string of the molecule is FC(F)(F)c1cc(-c2nnc(-c3cccs3)c3cc4ccccc4cc23)c(C(F)(F)F)c(C(F)(F)F)c1C(F)(F)F. The first kappa shape index (κ1) is 28.6. The first-order valence-corrected chi connectivity index (χ1v) is 12.0. The van der Waals surface area contributed by atoms with E-state index < -0.39 is 64.3 Å². The van der Waals surface area contributed by atoms with E-state index >= 15 is 0 Å². The topological polar surface area (TPSA) is 25.8 Å². The van der Waals surface area contributed by atoms with Crippen molar-refractivity contribution in [2.45, 2.75) is 24.7 Å². The molecule has 41 heavy (non-hydrogen) atoms. The van der Waals surface area contributed by atoms with Crippen molar-refractivity contribution in [3.05, 3.63) is 82.2 Å². The summed E-state index contributed by atoms with van der Waals surface area (Å²) in [6, 6.07) is 11.3. The van der Waals surface area contributed by atoms with Gasteiger partial charge < -0.3 is 0 Å². The zero-order valence-corrected chi connectivity index (χ0v) is 20.4. The molecule has 5 aromatic rings. The highest BCUT2D eigenvalue weighted by Crippen LogP contribution is 2.54. The molecule has 214 valence electrons. The molecule has 0 spiro atoms. The molecule has 0 amide bonds. The van der Waals surface area contributed by atoms with Gasteiger partial charge in [0.1, 0.15) is 11.4 Å². The minimum atomic E-state index is -6.50. The van der Waals surface area contributed by atoms with Crippen LogP contribution in [0, 0.1) is 0 Å². The van der Waals surface area contributed by atoms with E-state index in [1.54, 1.807) is 29.6 Å². The third-order valence-electron chi connectivity index (χ3n) is 6.14. The van der Waals surface area contributed by atoms with Crippen LogP contribution in [0.15, 0.2) is 60.0 Å². The summed E-state index contributed by atoms with van der Waals surface area (Å²) in [5.74, 6) is 0. The lowest BCUT2D eigenvalue weighted by atomic mass is 9.87. The molecular formula is C26H10F12N2S. The van der Waals surface area contributed by atoms with Gasteiger partial charge in [-0.05, 0) is 40.4 Å². The van der Waals surface area contributed by atoms with E-state index in [1.807, 2.05) is 0 Å². The van der Waals surface area contributed by atoms with Gasteiger partial charge in [0.15, 0.2) is 0 Å². The Labute approximate surface area is 224 Å². The second-order valence-electron chi connectivity index (χ2n) is 8.71. The molecular weight excluding hydrogens is 600 g/mol. The molecule has 0 aliphatic rings. The van der Waals surface area contributed by atoms with Crippen LogP contribution in [-0.4, -0.2) is 10.2 Å². The highest BCUT2D eigenvalue weighted by molar-refractivity contribution is 7.13.